The van der Waals surface area contributed by atoms with Crippen molar-refractivity contribution >= 4 is 27.5 Å². The Kier molecular flexibility index (Phi) is 4.90. The summed E-state index contributed by atoms with van der Waals surface area (Å²) in [6.07, 6.45) is 0. The Bertz CT molecular complexity index is 1020. The molecule has 1 aliphatic heterocycles. The number of ether oxygens (including phenoxy) is 1. The average Bonchev–Trinajstić information content (AvgIpc) is 2.63. The Hall–Kier alpha value is -2.91. The largest absolute Gasteiger partial charge is 0.495 e. The molecule has 0 saturated carbocycles. The summed E-state index contributed by atoms with van der Waals surface area (Å²) in [5.74, 6) is -0.842. The number of nitrogens with two attached hydrogens (primary N) is 1. The van der Waals surface area contributed by atoms with Gasteiger partial charge in [0.15, 0.2) is 0 Å². The Morgan fingerprint density at radius 1 is 1.26 bits per heavy atom. The molecule has 2 aromatic rings. The van der Waals surface area contributed by atoms with E-state index in [4.69, 9.17) is 9.88 Å². The summed E-state index contributed by atoms with van der Waals surface area (Å²) in [6, 6.07) is 10.9. The van der Waals surface area contributed by atoms with Crippen molar-refractivity contribution in [2.24, 2.45) is 5.14 Å². The molecule has 0 spiro atoms. The number of nitrogens with zero attached hydrogens (tertiary/aromatic N) is 1. The molecular weight excluding hydrogens is 370 g/mol. The Balaban J connectivity index is 1.96. The van der Waals surface area contributed by atoms with Crippen LogP contribution >= 0.6 is 0 Å². The molecule has 0 radical (unpaired) electrons. The molecule has 1 unspecified atom stereocenters. The van der Waals surface area contributed by atoms with Gasteiger partial charge in [0.1, 0.15) is 5.75 Å². The number of fused-ring (bicyclic) bond motifs is 1. The van der Waals surface area contributed by atoms with E-state index >= 15 is 0 Å². The number of carbonyl (C=O) groups is 2. The maximum absolute atomic E-state index is 12.9. The molecule has 0 bridgehead atoms. The van der Waals surface area contributed by atoms with E-state index < -0.39 is 15.9 Å². The number of methoxy groups -OCH3 is 1. The minimum absolute atomic E-state index is 0.144. The summed E-state index contributed by atoms with van der Waals surface area (Å²) < 4.78 is 28.4. The molecule has 1 atom stereocenters. The first kappa shape index (κ1) is 18.9. The van der Waals surface area contributed by atoms with Crippen LogP contribution in [-0.2, 0) is 14.8 Å². The van der Waals surface area contributed by atoms with Gasteiger partial charge in [-0.25, -0.2) is 13.6 Å². The van der Waals surface area contributed by atoms with Crippen LogP contribution in [0.2, 0.25) is 0 Å². The highest BCUT2D eigenvalue weighted by atomic mass is 32.2. The number of benzene rings is 2. The van der Waals surface area contributed by atoms with E-state index in [2.05, 4.69) is 5.32 Å². The van der Waals surface area contributed by atoms with Gasteiger partial charge in [0.05, 0.1) is 23.6 Å². The zero-order valence-electron chi connectivity index (χ0n) is 14.8. The van der Waals surface area contributed by atoms with Crippen molar-refractivity contribution in [3.63, 3.8) is 0 Å². The molecule has 9 heteroatoms. The molecule has 3 rings (SSSR count). The first-order valence-corrected chi connectivity index (χ1v) is 9.63. The Labute approximate surface area is 157 Å². The second-order valence-corrected chi connectivity index (χ2v) is 7.78. The molecule has 1 heterocycles. The van der Waals surface area contributed by atoms with Crippen molar-refractivity contribution in [2.75, 3.05) is 26.0 Å². The molecule has 2 amide bonds. The number of likely N-dealkylation sites (N-methyl/N-ethyl adjacent to an activating group) is 1. The summed E-state index contributed by atoms with van der Waals surface area (Å²) in [5.41, 5.74) is 1.28. The lowest BCUT2D eigenvalue weighted by Gasteiger charge is -2.31. The SMILES string of the molecule is COc1ccc(S(N)(=O)=O)cc1NC(=O)C1CN(C)C(=O)c2ccccc21. The molecular formula is C18H19N3O5S. The second kappa shape index (κ2) is 7.01. The van der Waals surface area contributed by atoms with Crippen molar-refractivity contribution in [1.29, 1.82) is 0 Å². The fourth-order valence-electron chi connectivity index (χ4n) is 3.06. The predicted octanol–water partition coefficient (Wildman–Crippen LogP) is 1.15. The van der Waals surface area contributed by atoms with E-state index in [1.54, 1.807) is 31.3 Å². The molecule has 8 nitrogen and oxygen atoms in total. The van der Waals surface area contributed by atoms with Crippen molar-refractivity contribution in [2.45, 2.75) is 10.8 Å². The molecule has 27 heavy (non-hydrogen) atoms. The lowest BCUT2D eigenvalue weighted by molar-refractivity contribution is -0.118. The highest BCUT2D eigenvalue weighted by molar-refractivity contribution is 7.89. The Morgan fingerprint density at radius 3 is 2.63 bits per heavy atom. The van der Waals surface area contributed by atoms with Crippen LogP contribution in [0.4, 0.5) is 5.69 Å². The van der Waals surface area contributed by atoms with Gasteiger partial charge in [-0.2, -0.15) is 0 Å². The standard InChI is InChI=1S/C18H19N3O5S/c1-21-10-14(12-5-3-4-6-13(12)18(21)23)17(22)20-15-9-11(27(19,24)25)7-8-16(15)26-2/h3-9,14H,10H2,1-2H3,(H,20,22)(H2,19,24,25). The highest BCUT2D eigenvalue weighted by Gasteiger charge is 2.33. The fourth-order valence-corrected chi connectivity index (χ4v) is 3.60. The monoisotopic (exact) mass is 389 g/mol. The van der Waals surface area contributed by atoms with Gasteiger partial charge in [-0.15, -0.1) is 0 Å². The van der Waals surface area contributed by atoms with Gasteiger partial charge in [-0.05, 0) is 29.8 Å². The molecule has 0 aliphatic carbocycles. The first-order valence-electron chi connectivity index (χ1n) is 8.08. The van der Waals surface area contributed by atoms with Crippen LogP contribution in [0, 0.1) is 0 Å². The number of anilines is 1. The van der Waals surface area contributed by atoms with Gasteiger partial charge in [0, 0.05) is 19.2 Å². The average molecular weight is 389 g/mol. The zero-order chi connectivity index (χ0) is 19.8. The summed E-state index contributed by atoms with van der Waals surface area (Å²) >= 11 is 0. The third-order valence-electron chi connectivity index (χ3n) is 4.44. The fraction of sp³-hybridized carbons (Fsp3) is 0.222. The van der Waals surface area contributed by atoms with Crippen molar-refractivity contribution in [3.8, 4) is 5.75 Å². The lowest BCUT2D eigenvalue weighted by Crippen LogP contribution is -2.41. The van der Waals surface area contributed by atoms with Crippen LogP contribution in [0.3, 0.4) is 0 Å². The van der Waals surface area contributed by atoms with Crippen LogP contribution in [0.1, 0.15) is 21.8 Å². The van der Waals surface area contributed by atoms with Crippen LogP contribution in [0.5, 0.6) is 5.75 Å². The molecule has 3 N–H and O–H groups in total. The molecule has 0 fully saturated rings. The van der Waals surface area contributed by atoms with Crippen molar-refractivity contribution in [3.05, 3.63) is 53.6 Å². The zero-order valence-corrected chi connectivity index (χ0v) is 15.6. The van der Waals surface area contributed by atoms with Gasteiger partial charge in [0.2, 0.25) is 15.9 Å². The number of sulfonamides is 1. The number of primary sulfonamides is 1. The van der Waals surface area contributed by atoms with E-state index in [9.17, 15) is 18.0 Å². The third-order valence-corrected chi connectivity index (χ3v) is 5.35. The van der Waals surface area contributed by atoms with Gasteiger partial charge in [0.25, 0.3) is 5.91 Å². The molecule has 142 valence electrons. The van der Waals surface area contributed by atoms with Gasteiger partial charge in [-0.3, -0.25) is 9.59 Å². The van der Waals surface area contributed by atoms with E-state index in [0.29, 0.717) is 16.9 Å². The van der Waals surface area contributed by atoms with Crippen molar-refractivity contribution < 1.29 is 22.7 Å². The quantitative estimate of drug-likeness (QED) is 0.813. The van der Waals surface area contributed by atoms with Crippen LogP contribution in [-0.4, -0.2) is 45.8 Å². The first-order chi connectivity index (χ1) is 12.7. The topological polar surface area (TPSA) is 119 Å². The summed E-state index contributed by atoms with van der Waals surface area (Å²) in [4.78, 5) is 26.6. The minimum atomic E-state index is -3.94. The smallest absolute Gasteiger partial charge is 0.253 e. The Morgan fingerprint density at radius 2 is 1.96 bits per heavy atom. The number of nitrogens with one attached hydrogen (secondary N) is 1. The van der Waals surface area contributed by atoms with Gasteiger partial charge in [-0.1, -0.05) is 18.2 Å². The number of rotatable bonds is 4. The maximum atomic E-state index is 12.9. The van der Waals surface area contributed by atoms with E-state index in [1.807, 2.05) is 0 Å². The summed E-state index contributed by atoms with van der Waals surface area (Å²) in [7, 11) is -0.903. The number of carbonyl (C=O) groups excluding carboxylic acids is 2. The summed E-state index contributed by atoms with van der Waals surface area (Å²) in [5, 5.41) is 7.86. The van der Waals surface area contributed by atoms with Gasteiger partial charge < -0.3 is 15.0 Å². The molecule has 0 saturated heterocycles. The lowest BCUT2D eigenvalue weighted by atomic mass is 9.89. The highest BCUT2D eigenvalue weighted by Crippen LogP contribution is 2.31. The molecule has 1 aliphatic rings. The second-order valence-electron chi connectivity index (χ2n) is 6.22. The van der Waals surface area contributed by atoms with Crippen LogP contribution in [0.15, 0.2) is 47.4 Å². The van der Waals surface area contributed by atoms with E-state index in [1.165, 1.54) is 30.2 Å². The third kappa shape index (κ3) is 3.64. The number of amides is 2. The predicted molar refractivity (Wildman–Crippen MR) is 99.1 cm³/mol. The maximum Gasteiger partial charge on any atom is 0.253 e. The number of hydrogen-bond acceptors (Lipinski definition) is 5. The van der Waals surface area contributed by atoms with E-state index in [0.717, 1.165) is 0 Å². The van der Waals surface area contributed by atoms with E-state index in [-0.39, 0.29) is 28.9 Å². The molecule has 2 aromatic carbocycles. The number of hydrogen-bond donors (Lipinski definition) is 2. The van der Waals surface area contributed by atoms with Crippen molar-refractivity contribution in [1.82, 2.24) is 4.90 Å². The van der Waals surface area contributed by atoms with Gasteiger partial charge >= 0.3 is 0 Å². The summed E-state index contributed by atoms with van der Waals surface area (Å²) in [6.45, 7) is 0.207. The minimum Gasteiger partial charge on any atom is -0.495 e. The van der Waals surface area contributed by atoms with Crippen LogP contribution in [0.25, 0.3) is 0 Å². The molecule has 0 aromatic heterocycles. The van der Waals surface area contributed by atoms with Crippen LogP contribution < -0.4 is 15.2 Å². The normalized spacial score (nSPS) is 16.6.